The first kappa shape index (κ1) is 20.2. The van der Waals surface area contributed by atoms with Gasteiger partial charge in [-0.2, -0.15) is 0 Å². The highest BCUT2D eigenvalue weighted by Crippen LogP contribution is 2.16. The highest BCUT2D eigenvalue weighted by atomic mass is 19.1. The van der Waals surface area contributed by atoms with Crippen LogP contribution in [0.25, 0.3) is 6.08 Å². The number of benzene rings is 2. The lowest BCUT2D eigenvalue weighted by atomic mass is 10.0. The molecule has 5 nitrogen and oxygen atoms in total. The lowest BCUT2D eigenvalue weighted by molar-refractivity contribution is -0.117. The van der Waals surface area contributed by atoms with Gasteiger partial charge >= 0.3 is 0 Å². The number of nitrogens with zero attached hydrogens (tertiary/aromatic N) is 1. The van der Waals surface area contributed by atoms with Gasteiger partial charge in [0.25, 0.3) is 0 Å². The summed E-state index contributed by atoms with van der Waals surface area (Å²) >= 11 is 0. The van der Waals surface area contributed by atoms with Crippen molar-refractivity contribution in [3.63, 3.8) is 0 Å². The van der Waals surface area contributed by atoms with E-state index >= 15 is 0 Å². The number of aliphatic hydroxyl groups is 1. The Morgan fingerprint density at radius 1 is 1.21 bits per heavy atom. The summed E-state index contributed by atoms with van der Waals surface area (Å²) in [4.78, 5) is 14.5. The monoisotopic (exact) mass is 384 g/mol. The summed E-state index contributed by atoms with van der Waals surface area (Å²) in [7, 11) is 0. The number of ether oxygens (including phenoxy) is 1. The van der Waals surface area contributed by atoms with Gasteiger partial charge in [-0.1, -0.05) is 36.4 Å². The lowest BCUT2D eigenvalue weighted by Crippen LogP contribution is -2.35. The lowest BCUT2D eigenvalue weighted by Gasteiger charge is -2.27. The molecule has 0 bridgehead atoms. The van der Waals surface area contributed by atoms with Crippen molar-refractivity contribution in [1.29, 1.82) is 0 Å². The zero-order valence-electron chi connectivity index (χ0n) is 15.7. The van der Waals surface area contributed by atoms with Crippen LogP contribution in [0, 0.1) is 5.82 Å². The molecule has 1 heterocycles. The molecule has 1 aliphatic heterocycles. The topological polar surface area (TPSA) is 61.8 Å². The fraction of sp³-hybridized carbons (Fsp3) is 0.318. The summed E-state index contributed by atoms with van der Waals surface area (Å²) in [6.07, 6.45) is 2.99. The van der Waals surface area contributed by atoms with Crippen molar-refractivity contribution < 1.29 is 19.0 Å². The van der Waals surface area contributed by atoms with Crippen molar-refractivity contribution in [2.75, 3.05) is 32.9 Å². The molecule has 1 amide bonds. The second kappa shape index (κ2) is 10.1. The second-order valence-corrected chi connectivity index (χ2v) is 6.76. The van der Waals surface area contributed by atoms with Crippen LogP contribution < -0.4 is 5.32 Å². The minimum absolute atomic E-state index is 0.197. The molecule has 2 aromatic carbocycles. The number of nitrogens with one attached hydrogen (secondary N) is 1. The van der Waals surface area contributed by atoms with E-state index in [-0.39, 0.29) is 18.3 Å². The molecule has 0 aliphatic carbocycles. The summed E-state index contributed by atoms with van der Waals surface area (Å²) in [5.74, 6) is -0.638. The maximum Gasteiger partial charge on any atom is 0.244 e. The predicted molar refractivity (Wildman–Crippen MR) is 106 cm³/mol. The van der Waals surface area contributed by atoms with Gasteiger partial charge in [-0.25, -0.2) is 4.39 Å². The first-order chi connectivity index (χ1) is 13.6. The van der Waals surface area contributed by atoms with Gasteiger partial charge in [0.15, 0.2) is 0 Å². The SMILES string of the molecule is O=C(C=Cc1ccc(F)cc1)N[C@H](CO)c1cccc(CN2CCOCC2)c1. The number of hydrogen-bond donors (Lipinski definition) is 2. The summed E-state index contributed by atoms with van der Waals surface area (Å²) in [5, 5.41) is 12.6. The van der Waals surface area contributed by atoms with Gasteiger partial charge in [0.05, 0.1) is 25.9 Å². The zero-order chi connectivity index (χ0) is 19.8. The molecule has 2 N–H and O–H groups in total. The maximum atomic E-state index is 12.9. The van der Waals surface area contributed by atoms with E-state index < -0.39 is 6.04 Å². The van der Waals surface area contributed by atoms with Crippen LogP contribution in [0.15, 0.2) is 54.6 Å². The van der Waals surface area contributed by atoms with Crippen molar-refractivity contribution >= 4 is 12.0 Å². The number of carbonyl (C=O) groups is 1. The van der Waals surface area contributed by atoms with Crippen LogP contribution in [0.2, 0.25) is 0 Å². The zero-order valence-corrected chi connectivity index (χ0v) is 15.7. The Bertz CT molecular complexity index is 802. The summed E-state index contributed by atoms with van der Waals surface area (Å²) < 4.78 is 18.3. The number of halogens is 1. The number of rotatable bonds is 7. The molecule has 1 atom stereocenters. The average molecular weight is 384 g/mol. The fourth-order valence-corrected chi connectivity index (χ4v) is 3.13. The van der Waals surface area contributed by atoms with Crippen LogP contribution in [0.4, 0.5) is 4.39 Å². The molecule has 0 radical (unpaired) electrons. The Hall–Kier alpha value is -2.54. The van der Waals surface area contributed by atoms with E-state index in [1.165, 1.54) is 18.2 Å². The van der Waals surface area contributed by atoms with Gasteiger partial charge in [0.1, 0.15) is 5.82 Å². The molecule has 0 unspecified atom stereocenters. The van der Waals surface area contributed by atoms with E-state index in [1.807, 2.05) is 24.3 Å². The maximum absolute atomic E-state index is 12.9. The van der Waals surface area contributed by atoms with E-state index in [4.69, 9.17) is 4.74 Å². The molecule has 2 aromatic rings. The molecule has 0 saturated carbocycles. The third kappa shape index (κ3) is 5.99. The molecule has 148 valence electrons. The van der Waals surface area contributed by atoms with E-state index in [9.17, 15) is 14.3 Å². The van der Waals surface area contributed by atoms with Crippen LogP contribution in [0.1, 0.15) is 22.7 Å². The van der Waals surface area contributed by atoms with Crippen molar-refractivity contribution in [3.8, 4) is 0 Å². The van der Waals surface area contributed by atoms with Crippen LogP contribution in [-0.2, 0) is 16.1 Å². The second-order valence-electron chi connectivity index (χ2n) is 6.76. The first-order valence-electron chi connectivity index (χ1n) is 9.38. The van der Waals surface area contributed by atoms with E-state index in [0.29, 0.717) is 0 Å². The average Bonchev–Trinajstić information content (AvgIpc) is 2.72. The Kier molecular flexibility index (Phi) is 7.31. The standard InChI is InChI=1S/C22H25FN2O3/c23-20-7-4-17(5-8-20)6-9-22(27)24-21(16-26)19-3-1-2-18(14-19)15-25-10-12-28-13-11-25/h1-9,14,21,26H,10-13,15-16H2,(H,24,27)/t21-/m1/s1. The molecule has 0 aromatic heterocycles. The number of carbonyl (C=O) groups excluding carboxylic acids is 1. The molecule has 1 aliphatic rings. The Balaban J connectivity index is 1.61. The number of aliphatic hydroxyl groups excluding tert-OH is 1. The number of morpholine rings is 1. The highest BCUT2D eigenvalue weighted by Gasteiger charge is 2.15. The highest BCUT2D eigenvalue weighted by molar-refractivity contribution is 5.92. The van der Waals surface area contributed by atoms with Crippen LogP contribution in [-0.4, -0.2) is 48.8 Å². The minimum Gasteiger partial charge on any atom is -0.394 e. The third-order valence-corrected chi connectivity index (χ3v) is 4.66. The fourth-order valence-electron chi connectivity index (χ4n) is 3.13. The Labute approximate surface area is 164 Å². The molecule has 6 heteroatoms. The van der Waals surface area contributed by atoms with Gasteiger partial charge in [-0.05, 0) is 34.9 Å². The molecule has 1 fully saturated rings. The largest absolute Gasteiger partial charge is 0.394 e. The summed E-state index contributed by atoms with van der Waals surface area (Å²) in [6.45, 7) is 3.91. The molecule has 0 spiro atoms. The summed E-state index contributed by atoms with van der Waals surface area (Å²) in [6, 6.07) is 13.3. The molecule has 1 saturated heterocycles. The van der Waals surface area contributed by atoms with E-state index in [1.54, 1.807) is 18.2 Å². The van der Waals surface area contributed by atoms with E-state index in [2.05, 4.69) is 10.2 Å². The van der Waals surface area contributed by atoms with Crippen molar-refractivity contribution in [1.82, 2.24) is 10.2 Å². The van der Waals surface area contributed by atoms with E-state index in [0.717, 1.165) is 49.5 Å². The number of hydrogen-bond acceptors (Lipinski definition) is 4. The molecule has 3 rings (SSSR count). The predicted octanol–water partition coefficient (Wildman–Crippen LogP) is 2.52. The van der Waals surface area contributed by atoms with Crippen molar-refractivity contribution in [2.45, 2.75) is 12.6 Å². The molecular weight excluding hydrogens is 359 g/mol. The minimum atomic E-state index is -0.491. The normalized spacial score (nSPS) is 16.2. The quantitative estimate of drug-likeness (QED) is 0.720. The van der Waals surface area contributed by atoms with Crippen LogP contribution >= 0.6 is 0 Å². The molecule has 28 heavy (non-hydrogen) atoms. The van der Waals surface area contributed by atoms with Gasteiger partial charge in [-0.15, -0.1) is 0 Å². The Morgan fingerprint density at radius 3 is 2.68 bits per heavy atom. The van der Waals surface area contributed by atoms with Gasteiger partial charge in [0.2, 0.25) is 5.91 Å². The van der Waals surface area contributed by atoms with Crippen molar-refractivity contribution in [2.24, 2.45) is 0 Å². The summed E-state index contributed by atoms with van der Waals surface area (Å²) in [5.41, 5.74) is 2.72. The van der Waals surface area contributed by atoms with Crippen molar-refractivity contribution in [3.05, 3.63) is 77.1 Å². The smallest absolute Gasteiger partial charge is 0.244 e. The van der Waals surface area contributed by atoms with Crippen LogP contribution in [0.3, 0.4) is 0 Å². The van der Waals surface area contributed by atoms with Crippen LogP contribution in [0.5, 0.6) is 0 Å². The molecular formula is C22H25FN2O3. The number of amides is 1. The Morgan fingerprint density at radius 2 is 1.96 bits per heavy atom. The van der Waals surface area contributed by atoms with Gasteiger partial charge in [-0.3, -0.25) is 9.69 Å². The third-order valence-electron chi connectivity index (χ3n) is 4.66. The van der Waals surface area contributed by atoms with Gasteiger partial charge in [0, 0.05) is 25.7 Å². The first-order valence-corrected chi connectivity index (χ1v) is 9.38. The van der Waals surface area contributed by atoms with Gasteiger partial charge < -0.3 is 15.2 Å².